The Morgan fingerprint density at radius 3 is 2.82 bits per heavy atom. The normalized spacial score (nSPS) is 12.6. The largest absolute Gasteiger partial charge is 0.271 e. The number of nitrogens with two attached hydrogens (primary N) is 1. The second-order valence-corrected chi connectivity index (χ2v) is 4.53. The maximum Gasteiger partial charge on any atom is 0.130 e. The van der Waals surface area contributed by atoms with E-state index in [1.807, 2.05) is 0 Å². The SMILES string of the molecule is NNC(Cc1cncs1)c1ccc(F)cc1F. The Bertz CT molecular complexity index is 487. The first kappa shape index (κ1) is 12.1. The second-order valence-electron chi connectivity index (χ2n) is 3.56. The van der Waals surface area contributed by atoms with Gasteiger partial charge in [0.05, 0.1) is 11.6 Å². The summed E-state index contributed by atoms with van der Waals surface area (Å²) in [5.41, 5.74) is 4.58. The number of hydrazine groups is 1. The van der Waals surface area contributed by atoms with Crippen LogP contribution in [0.15, 0.2) is 29.9 Å². The molecule has 17 heavy (non-hydrogen) atoms. The minimum atomic E-state index is -0.600. The minimum Gasteiger partial charge on any atom is -0.271 e. The van der Waals surface area contributed by atoms with Crippen LogP contribution in [-0.2, 0) is 6.42 Å². The molecule has 1 heterocycles. The molecular weight excluding hydrogens is 244 g/mol. The van der Waals surface area contributed by atoms with Gasteiger partial charge in [0.1, 0.15) is 11.6 Å². The first-order valence-corrected chi connectivity index (χ1v) is 5.87. The van der Waals surface area contributed by atoms with Gasteiger partial charge in [0, 0.05) is 29.1 Å². The predicted molar refractivity (Wildman–Crippen MR) is 62.2 cm³/mol. The standard InChI is InChI=1S/C11H11F2N3S/c12-7-1-2-9(10(13)3-7)11(16-14)4-8-5-15-6-17-8/h1-3,5-6,11,16H,4,14H2. The summed E-state index contributed by atoms with van der Waals surface area (Å²) in [4.78, 5) is 4.92. The van der Waals surface area contributed by atoms with Gasteiger partial charge >= 0.3 is 0 Å². The van der Waals surface area contributed by atoms with Crippen LogP contribution in [0.25, 0.3) is 0 Å². The molecule has 0 radical (unpaired) electrons. The molecule has 6 heteroatoms. The van der Waals surface area contributed by atoms with Crippen LogP contribution in [0.1, 0.15) is 16.5 Å². The van der Waals surface area contributed by atoms with E-state index in [1.54, 1.807) is 11.7 Å². The van der Waals surface area contributed by atoms with Gasteiger partial charge in [-0.15, -0.1) is 11.3 Å². The molecule has 2 rings (SSSR count). The average molecular weight is 255 g/mol. The molecule has 0 aliphatic heterocycles. The van der Waals surface area contributed by atoms with Gasteiger partial charge in [-0.3, -0.25) is 16.3 Å². The van der Waals surface area contributed by atoms with Crippen molar-refractivity contribution in [2.75, 3.05) is 0 Å². The third-order valence-electron chi connectivity index (χ3n) is 2.43. The number of aromatic nitrogens is 1. The molecular formula is C11H11F2N3S. The van der Waals surface area contributed by atoms with Crippen molar-refractivity contribution in [2.24, 2.45) is 5.84 Å². The number of thiazole rings is 1. The van der Waals surface area contributed by atoms with Crippen molar-refractivity contribution < 1.29 is 8.78 Å². The highest BCUT2D eigenvalue weighted by Crippen LogP contribution is 2.22. The lowest BCUT2D eigenvalue weighted by atomic mass is 10.0. The third kappa shape index (κ3) is 2.85. The Morgan fingerprint density at radius 1 is 1.41 bits per heavy atom. The number of nitrogens with one attached hydrogen (secondary N) is 1. The highest BCUT2D eigenvalue weighted by atomic mass is 32.1. The van der Waals surface area contributed by atoms with Crippen molar-refractivity contribution in [3.63, 3.8) is 0 Å². The molecule has 1 unspecified atom stereocenters. The van der Waals surface area contributed by atoms with Crippen molar-refractivity contribution in [1.29, 1.82) is 0 Å². The van der Waals surface area contributed by atoms with Gasteiger partial charge in [0.15, 0.2) is 0 Å². The van der Waals surface area contributed by atoms with Gasteiger partial charge in [-0.2, -0.15) is 0 Å². The van der Waals surface area contributed by atoms with Crippen molar-refractivity contribution >= 4 is 11.3 Å². The Morgan fingerprint density at radius 2 is 2.24 bits per heavy atom. The Labute approximate surface area is 101 Å². The summed E-state index contributed by atoms with van der Waals surface area (Å²) in [5, 5.41) is 0. The van der Waals surface area contributed by atoms with Crippen LogP contribution in [0.2, 0.25) is 0 Å². The van der Waals surface area contributed by atoms with E-state index in [1.165, 1.54) is 23.5 Å². The van der Waals surface area contributed by atoms with E-state index in [2.05, 4.69) is 10.4 Å². The van der Waals surface area contributed by atoms with Crippen LogP contribution in [0.5, 0.6) is 0 Å². The summed E-state index contributed by atoms with van der Waals surface area (Å²) in [6.07, 6.45) is 2.22. The Kier molecular flexibility index (Phi) is 3.78. The van der Waals surface area contributed by atoms with Crippen LogP contribution >= 0.6 is 11.3 Å². The summed E-state index contributed by atoms with van der Waals surface area (Å²) in [7, 11) is 0. The lowest BCUT2D eigenvalue weighted by Crippen LogP contribution is -2.30. The Balaban J connectivity index is 2.23. The van der Waals surface area contributed by atoms with E-state index in [0.717, 1.165) is 10.9 Å². The van der Waals surface area contributed by atoms with E-state index in [4.69, 9.17) is 5.84 Å². The topological polar surface area (TPSA) is 50.9 Å². The highest BCUT2D eigenvalue weighted by molar-refractivity contribution is 7.09. The molecule has 1 aromatic carbocycles. The molecule has 1 aromatic heterocycles. The van der Waals surface area contributed by atoms with Gasteiger partial charge in [0.2, 0.25) is 0 Å². The maximum absolute atomic E-state index is 13.6. The molecule has 3 nitrogen and oxygen atoms in total. The summed E-state index contributed by atoms with van der Waals surface area (Å²) in [6, 6.07) is 3.08. The zero-order valence-corrected chi connectivity index (χ0v) is 9.68. The lowest BCUT2D eigenvalue weighted by molar-refractivity contribution is 0.504. The molecule has 0 amide bonds. The molecule has 0 aliphatic carbocycles. The van der Waals surface area contributed by atoms with Crippen LogP contribution < -0.4 is 11.3 Å². The number of rotatable bonds is 4. The predicted octanol–water partition coefficient (Wildman–Crippen LogP) is 2.17. The number of nitrogens with zero attached hydrogens (tertiary/aromatic N) is 1. The molecule has 3 N–H and O–H groups in total. The van der Waals surface area contributed by atoms with Crippen molar-refractivity contribution in [2.45, 2.75) is 12.5 Å². The maximum atomic E-state index is 13.6. The average Bonchev–Trinajstić information content (AvgIpc) is 2.79. The Hall–Kier alpha value is -1.37. The van der Waals surface area contributed by atoms with Crippen LogP contribution in [0, 0.1) is 11.6 Å². The molecule has 0 saturated heterocycles. The number of halogens is 2. The number of hydrogen-bond donors (Lipinski definition) is 2. The summed E-state index contributed by atoms with van der Waals surface area (Å²) >= 11 is 1.47. The minimum absolute atomic E-state index is 0.349. The second kappa shape index (κ2) is 5.31. The molecule has 0 spiro atoms. The summed E-state index contributed by atoms with van der Waals surface area (Å²) < 4.78 is 26.4. The zero-order valence-electron chi connectivity index (χ0n) is 8.86. The molecule has 0 saturated carbocycles. The van der Waals surface area contributed by atoms with Crippen LogP contribution in [0.4, 0.5) is 8.78 Å². The van der Waals surface area contributed by atoms with Crippen molar-refractivity contribution in [1.82, 2.24) is 10.4 Å². The smallest absolute Gasteiger partial charge is 0.130 e. The van der Waals surface area contributed by atoms with E-state index < -0.39 is 17.7 Å². The van der Waals surface area contributed by atoms with Crippen LogP contribution in [0.3, 0.4) is 0 Å². The van der Waals surface area contributed by atoms with Gasteiger partial charge in [-0.25, -0.2) is 8.78 Å². The van der Waals surface area contributed by atoms with Gasteiger partial charge < -0.3 is 0 Å². The van der Waals surface area contributed by atoms with E-state index in [0.29, 0.717) is 12.0 Å². The van der Waals surface area contributed by atoms with Gasteiger partial charge in [0.25, 0.3) is 0 Å². The van der Waals surface area contributed by atoms with E-state index in [9.17, 15) is 8.78 Å². The molecule has 0 bridgehead atoms. The lowest BCUT2D eigenvalue weighted by Gasteiger charge is -2.15. The summed E-state index contributed by atoms with van der Waals surface area (Å²) in [5.74, 6) is 4.21. The fourth-order valence-electron chi connectivity index (χ4n) is 1.59. The molecule has 90 valence electrons. The van der Waals surface area contributed by atoms with Crippen LogP contribution in [-0.4, -0.2) is 4.98 Å². The fourth-order valence-corrected chi connectivity index (χ4v) is 2.23. The first-order valence-electron chi connectivity index (χ1n) is 4.99. The summed E-state index contributed by atoms with van der Waals surface area (Å²) in [6.45, 7) is 0. The molecule has 0 aliphatic rings. The quantitative estimate of drug-likeness (QED) is 0.650. The van der Waals surface area contributed by atoms with Gasteiger partial charge in [-0.05, 0) is 6.07 Å². The van der Waals surface area contributed by atoms with E-state index in [-0.39, 0.29) is 0 Å². The van der Waals surface area contributed by atoms with E-state index >= 15 is 0 Å². The highest BCUT2D eigenvalue weighted by Gasteiger charge is 2.16. The van der Waals surface area contributed by atoms with Crippen molar-refractivity contribution in [3.8, 4) is 0 Å². The van der Waals surface area contributed by atoms with Crippen molar-refractivity contribution in [3.05, 3.63) is 52.0 Å². The molecule has 0 fully saturated rings. The van der Waals surface area contributed by atoms with Gasteiger partial charge in [-0.1, -0.05) is 6.07 Å². The molecule has 1 atom stereocenters. The first-order chi connectivity index (χ1) is 8.20. The molecule has 2 aromatic rings. The third-order valence-corrected chi connectivity index (χ3v) is 3.23. The fraction of sp³-hybridized carbons (Fsp3) is 0.182. The monoisotopic (exact) mass is 255 g/mol. The number of benzene rings is 1. The number of hydrogen-bond acceptors (Lipinski definition) is 4. The zero-order chi connectivity index (χ0) is 12.3.